The summed E-state index contributed by atoms with van der Waals surface area (Å²) in [4.78, 5) is 14.3. The highest BCUT2D eigenvalue weighted by Crippen LogP contribution is 2.39. The Morgan fingerprint density at radius 1 is 1.04 bits per heavy atom. The van der Waals surface area contributed by atoms with E-state index in [4.69, 9.17) is 10.5 Å². The standard InChI is InChI=1S/C18H10BrN3O/c19-14-7-5-12(6-8-14)11-22-16-4-2-1-3-15(16)17(18(22)23)13(9-20)10-21/h1-8H,11H2. The number of rotatable bonds is 2. The number of halogens is 1. The number of amides is 1. The molecule has 0 radical (unpaired) electrons. The summed E-state index contributed by atoms with van der Waals surface area (Å²) in [6.45, 7) is 0.386. The summed E-state index contributed by atoms with van der Waals surface area (Å²) in [5.74, 6) is -0.313. The third-order valence-electron chi connectivity index (χ3n) is 3.65. The van der Waals surface area contributed by atoms with E-state index in [1.165, 1.54) is 0 Å². The highest BCUT2D eigenvalue weighted by molar-refractivity contribution is 9.10. The van der Waals surface area contributed by atoms with Gasteiger partial charge in [-0.15, -0.1) is 0 Å². The van der Waals surface area contributed by atoms with Gasteiger partial charge in [0.05, 0.1) is 17.8 Å². The van der Waals surface area contributed by atoms with Crippen molar-refractivity contribution in [3.8, 4) is 12.1 Å². The van der Waals surface area contributed by atoms with Gasteiger partial charge in [0.25, 0.3) is 5.91 Å². The number of carbonyl (C=O) groups excluding carboxylic acids is 1. The van der Waals surface area contributed by atoms with Crippen LogP contribution in [-0.4, -0.2) is 5.91 Å². The van der Waals surface area contributed by atoms with Crippen molar-refractivity contribution in [3.05, 3.63) is 69.7 Å². The fraction of sp³-hybridized carbons (Fsp3) is 0.0556. The van der Waals surface area contributed by atoms with Gasteiger partial charge in [0.15, 0.2) is 0 Å². The average Bonchev–Trinajstić information content (AvgIpc) is 2.84. The maximum atomic E-state index is 12.7. The number of nitrogens with zero attached hydrogens (tertiary/aromatic N) is 3. The molecule has 1 amide bonds. The monoisotopic (exact) mass is 363 g/mol. The van der Waals surface area contributed by atoms with Gasteiger partial charge in [-0.3, -0.25) is 4.79 Å². The van der Waals surface area contributed by atoms with Gasteiger partial charge in [-0.05, 0) is 23.8 Å². The molecule has 0 saturated carbocycles. The minimum atomic E-state index is -0.313. The van der Waals surface area contributed by atoms with Crippen LogP contribution < -0.4 is 4.90 Å². The van der Waals surface area contributed by atoms with Crippen LogP contribution in [0.1, 0.15) is 11.1 Å². The maximum absolute atomic E-state index is 12.7. The largest absolute Gasteiger partial charge is 0.303 e. The quantitative estimate of drug-likeness (QED) is 0.601. The fourth-order valence-electron chi connectivity index (χ4n) is 2.59. The highest BCUT2D eigenvalue weighted by Gasteiger charge is 2.34. The molecule has 0 N–H and O–H groups in total. The molecule has 5 heteroatoms. The van der Waals surface area contributed by atoms with E-state index in [2.05, 4.69) is 15.9 Å². The molecule has 0 fully saturated rings. The van der Waals surface area contributed by atoms with Gasteiger partial charge in [0.1, 0.15) is 17.7 Å². The first kappa shape index (κ1) is 15.0. The third kappa shape index (κ3) is 2.63. The predicted octanol–water partition coefficient (Wildman–Crippen LogP) is 3.80. The molecule has 0 aromatic heterocycles. The van der Waals surface area contributed by atoms with E-state index in [0.717, 1.165) is 15.7 Å². The van der Waals surface area contributed by atoms with Crippen molar-refractivity contribution in [2.45, 2.75) is 6.54 Å². The van der Waals surface area contributed by atoms with Gasteiger partial charge in [0, 0.05) is 10.0 Å². The molecule has 0 aliphatic carbocycles. The first-order valence-corrected chi connectivity index (χ1v) is 7.65. The fourth-order valence-corrected chi connectivity index (χ4v) is 2.85. The summed E-state index contributed by atoms with van der Waals surface area (Å²) in [5, 5.41) is 18.3. The van der Waals surface area contributed by atoms with E-state index in [0.29, 0.717) is 12.1 Å². The Labute approximate surface area is 142 Å². The van der Waals surface area contributed by atoms with Crippen molar-refractivity contribution in [2.24, 2.45) is 0 Å². The van der Waals surface area contributed by atoms with Crippen LogP contribution in [0.5, 0.6) is 0 Å². The molecule has 3 rings (SSSR count). The summed E-state index contributed by atoms with van der Waals surface area (Å²) >= 11 is 3.38. The molecule has 23 heavy (non-hydrogen) atoms. The van der Waals surface area contributed by atoms with E-state index in [-0.39, 0.29) is 17.1 Å². The van der Waals surface area contributed by atoms with Crippen molar-refractivity contribution in [1.29, 1.82) is 10.5 Å². The first-order chi connectivity index (χ1) is 11.2. The van der Waals surface area contributed by atoms with Crippen LogP contribution in [0.15, 0.2) is 58.6 Å². The van der Waals surface area contributed by atoms with Crippen molar-refractivity contribution in [1.82, 2.24) is 0 Å². The lowest BCUT2D eigenvalue weighted by Gasteiger charge is -2.17. The van der Waals surface area contributed by atoms with Crippen LogP contribution in [0.2, 0.25) is 0 Å². The number of nitriles is 2. The van der Waals surface area contributed by atoms with Crippen LogP contribution in [0, 0.1) is 22.7 Å². The van der Waals surface area contributed by atoms with Crippen molar-refractivity contribution < 1.29 is 4.79 Å². The molecule has 1 heterocycles. The van der Waals surface area contributed by atoms with Gasteiger partial charge in [-0.1, -0.05) is 46.3 Å². The number of para-hydroxylation sites is 1. The zero-order chi connectivity index (χ0) is 16.4. The number of allylic oxidation sites excluding steroid dienone is 1. The zero-order valence-electron chi connectivity index (χ0n) is 12.0. The molecule has 0 atom stereocenters. The molecule has 2 aromatic rings. The summed E-state index contributed by atoms with van der Waals surface area (Å²) in [5.41, 5.74) is 2.35. The van der Waals surface area contributed by atoms with Gasteiger partial charge >= 0.3 is 0 Å². The van der Waals surface area contributed by atoms with E-state index in [1.54, 1.807) is 17.0 Å². The Bertz CT molecular complexity index is 885. The smallest absolute Gasteiger partial charge is 0.261 e. The second-order valence-corrected chi connectivity index (χ2v) is 5.92. The molecule has 4 nitrogen and oxygen atoms in total. The Balaban J connectivity index is 2.08. The van der Waals surface area contributed by atoms with Crippen molar-refractivity contribution in [2.75, 3.05) is 4.90 Å². The average molecular weight is 364 g/mol. The highest BCUT2D eigenvalue weighted by atomic mass is 79.9. The first-order valence-electron chi connectivity index (χ1n) is 6.86. The second-order valence-electron chi connectivity index (χ2n) is 5.01. The summed E-state index contributed by atoms with van der Waals surface area (Å²) in [7, 11) is 0. The topological polar surface area (TPSA) is 67.9 Å². The summed E-state index contributed by atoms with van der Waals surface area (Å²) < 4.78 is 0.964. The lowest BCUT2D eigenvalue weighted by atomic mass is 10.0. The minimum absolute atomic E-state index is 0.152. The number of fused-ring (bicyclic) bond motifs is 1. The molecule has 1 aliphatic rings. The molecule has 0 unspecified atom stereocenters. The van der Waals surface area contributed by atoms with E-state index < -0.39 is 0 Å². The molecular weight excluding hydrogens is 354 g/mol. The molecule has 0 bridgehead atoms. The van der Waals surface area contributed by atoms with Crippen LogP contribution in [-0.2, 0) is 11.3 Å². The van der Waals surface area contributed by atoms with Crippen molar-refractivity contribution in [3.63, 3.8) is 0 Å². The SMILES string of the molecule is N#CC(C#N)=C1C(=O)N(Cc2ccc(Br)cc2)c2ccccc21. The number of carbonyl (C=O) groups is 1. The Morgan fingerprint density at radius 3 is 2.35 bits per heavy atom. The molecule has 0 spiro atoms. The second kappa shape index (κ2) is 6.08. The number of anilines is 1. The number of hydrogen-bond acceptors (Lipinski definition) is 3. The predicted molar refractivity (Wildman–Crippen MR) is 89.9 cm³/mol. The van der Waals surface area contributed by atoms with Crippen LogP contribution in [0.25, 0.3) is 5.57 Å². The maximum Gasteiger partial charge on any atom is 0.261 e. The molecule has 110 valence electrons. The van der Waals surface area contributed by atoms with E-state index >= 15 is 0 Å². The number of benzene rings is 2. The molecule has 0 saturated heterocycles. The molecular formula is C18H10BrN3O. The summed E-state index contributed by atoms with van der Waals surface area (Å²) in [6, 6.07) is 18.5. The van der Waals surface area contributed by atoms with Gasteiger partial charge in [0.2, 0.25) is 0 Å². The Hall–Kier alpha value is -2.89. The number of hydrogen-bond donors (Lipinski definition) is 0. The van der Waals surface area contributed by atoms with Gasteiger partial charge in [-0.2, -0.15) is 10.5 Å². The zero-order valence-corrected chi connectivity index (χ0v) is 13.5. The van der Waals surface area contributed by atoms with Crippen molar-refractivity contribution >= 4 is 33.1 Å². The normalized spacial score (nSPS) is 12.6. The molecule has 1 aliphatic heterocycles. The lowest BCUT2D eigenvalue weighted by Crippen LogP contribution is -2.26. The molecule has 2 aromatic carbocycles. The van der Waals surface area contributed by atoms with Gasteiger partial charge < -0.3 is 4.90 Å². The van der Waals surface area contributed by atoms with Crippen LogP contribution in [0.3, 0.4) is 0 Å². The van der Waals surface area contributed by atoms with E-state index in [1.807, 2.05) is 48.5 Å². The Morgan fingerprint density at radius 2 is 1.70 bits per heavy atom. The Kier molecular flexibility index (Phi) is 3.97. The van der Waals surface area contributed by atoms with Crippen LogP contribution in [0.4, 0.5) is 5.69 Å². The van der Waals surface area contributed by atoms with Gasteiger partial charge in [-0.25, -0.2) is 0 Å². The third-order valence-corrected chi connectivity index (χ3v) is 4.18. The van der Waals surface area contributed by atoms with Crippen LogP contribution >= 0.6 is 15.9 Å². The lowest BCUT2D eigenvalue weighted by molar-refractivity contribution is -0.113. The summed E-state index contributed by atoms with van der Waals surface area (Å²) in [6.07, 6.45) is 0. The minimum Gasteiger partial charge on any atom is -0.303 e. The van der Waals surface area contributed by atoms with E-state index in [9.17, 15) is 4.79 Å².